The van der Waals surface area contributed by atoms with Crippen LogP contribution in [-0.4, -0.2) is 0 Å². The largest absolute Gasteiger partial charge is 0.0617 e. The van der Waals surface area contributed by atoms with Crippen LogP contribution in [0.2, 0.25) is 0 Å². The van der Waals surface area contributed by atoms with Crippen LogP contribution in [0.3, 0.4) is 0 Å². The van der Waals surface area contributed by atoms with Gasteiger partial charge < -0.3 is 0 Å². The third-order valence-corrected chi connectivity index (χ3v) is 3.22. The summed E-state index contributed by atoms with van der Waals surface area (Å²) < 4.78 is 0. The lowest BCUT2D eigenvalue weighted by Crippen LogP contribution is -1.92. The third kappa shape index (κ3) is 3.45. The topological polar surface area (TPSA) is 0 Å². The fourth-order valence-electron chi connectivity index (χ4n) is 2.05. The highest BCUT2D eigenvalue weighted by Crippen LogP contribution is 2.11. The van der Waals surface area contributed by atoms with Crippen molar-refractivity contribution >= 4 is 0 Å². The molecule has 0 N–H and O–H groups in total. The number of rotatable bonds is 4. The van der Waals surface area contributed by atoms with Gasteiger partial charge in [0, 0.05) is 0 Å². The Morgan fingerprint density at radius 2 is 1.41 bits per heavy atom. The minimum absolute atomic E-state index is 1.12. The summed E-state index contributed by atoms with van der Waals surface area (Å²) in [6.45, 7) is 4.34. The first-order chi connectivity index (χ1) is 8.28. The van der Waals surface area contributed by atoms with E-state index in [2.05, 4.69) is 62.4 Å². The van der Waals surface area contributed by atoms with Crippen molar-refractivity contribution in [1.29, 1.82) is 0 Å². The molecule has 0 aromatic heterocycles. The lowest BCUT2D eigenvalue weighted by atomic mass is 10.0. The Balaban J connectivity index is 1.99. The zero-order valence-electron chi connectivity index (χ0n) is 10.7. The van der Waals surface area contributed by atoms with Gasteiger partial charge in [-0.15, -0.1) is 0 Å². The Bertz CT molecular complexity index is 466. The van der Waals surface area contributed by atoms with Crippen molar-refractivity contribution in [3.63, 3.8) is 0 Å². The fraction of sp³-hybridized carbons (Fsp3) is 0.294. The quantitative estimate of drug-likeness (QED) is 0.724. The van der Waals surface area contributed by atoms with E-state index in [9.17, 15) is 0 Å². The molecule has 17 heavy (non-hydrogen) atoms. The number of aryl methyl sites for hydroxylation is 4. The second kappa shape index (κ2) is 5.67. The molecular weight excluding hydrogens is 204 g/mol. The molecule has 0 unspecified atom stereocenters. The Morgan fingerprint density at radius 1 is 0.765 bits per heavy atom. The van der Waals surface area contributed by atoms with Crippen molar-refractivity contribution in [1.82, 2.24) is 0 Å². The average molecular weight is 224 g/mol. The first kappa shape index (κ1) is 11.9. The van der Waals surface area contributed by atoms with Gasteiger partial charge in [0.15, 0.2) is 0 Å². The number of hydrogen-bond donors (Lipinski definition) is 0. The summed E-state index contributed by atoms with van der Waals surface area (Å²) in [6.07, 6.45) is 3.39. The van der Waals surface area contributed by atoms with Gasteiger partial charge in [0.05, 0.1) is 0 Å². The van der Waals surface area contributed by atoms with Gasteiger partial charge >= 0.3 is 0 Å². The highest BCUT2D eigenvalue weighted by molar-refractivity contribution is 5.26. The maximum Gasteiger partial charge on any atom is -0.0238 e. The molecule has 2 rings (SSSR count). The van der Waals surface area contributed by atoms with E-state index in [1.807, 2.05) is 0 Å². The van der Waals surface area contributed by atoms with Crippen LogP contribution in [0.5, 0.6) is 0 Å². The summed E-state index contributed by atoms with van der Waals surface area (Å²) in [7, 11) is 0. The van der Waals surface area contributed by atoms with Crippen LogP contribution < -0.4 is 0 Å². The van der Waals surface area contributed by atoms with Gasteiger partial charge in [0.25, 0.3) is 0 Å². The zero-order valence-corrected chi connectivity index (χ0v) is 10.7. The van der Waals surface area contributed by atoms with Crippen LogP contribution in [0, 0.1) is 6.92 Å². The molecule has 0 saturated carbocycles. The lowest BCUT2D eigenvalue weighted by molar-refractivity contribution is 0.953. The maximum absolute atomic E-state index is 2.33. The molecule has 0 bridgehead atoms. The second-order valence-electron chi connectivity index (χ2n) is 4.66. The SMILES string of the molecule is CCc1cccc(CCc2ccc(C)cc2)c1. The van der Waals surface area contributed by atoms with Crippen molar-refractivity contribution in [3.05, 3.63) is 70.8 Å². The molecule has 2 aromatic carbocycles. The molecule has 0 heterocycles. The minimum Gasteiger partial charge on any atom is -0.0617 e. The zero-order chi connectivity index (χ0) is 12.1. The van der Waals surface area contributed by atoms with Crippen molar-refractivity contribution in [2.24, 2.45) is 0 Å². The monoisotopic (exact) mass is 224 g/mol. The molecule has 0 amide bonds. The average Bonchev–Trinajstić information content (AvgIpc) is 2.38. The number of benzene rings is 2. The van der Waals surface area contributed by atoms with E-state index in [-0.39, 0.29) is 0 Å². The van der Waals surface area contributed by atoms with E-state index in [0.717, 1.165) is 19.3 Å². The summed E-state index contributed by atoms with van der Waals surface area (Å²) in [5.74, 6) is 0. The van der Waals surface area contributed by atoms with Gasteiger partial charge in [0.1, 0.15) is 0 Å². The lowest BCUT2D eigenvalue weighted by Gasteiger charge is -2.04. The van der Waals surface area contributed by atoms with Gasteiger partial charge in [-0.05, 0) is 42.9 Å². The van der Waals surface area contributed by atoms with E-state index < -0.39 is 0 Å². The van der Waals surface area contributed by atoms with Gasteiger partial charge in [-0.25, -0.2) is 0 Å². The minimum atomic E-state index is 1.12. The smallest absolute Gasteiger partial charge is 0.0238 e. The summed E-state index contributed by atoms with van der Waals surface area (Å²) in [5.41, 5.74) is 5.65. The Hall–Kier alpha value is -1.56. The van der Waals surface area contributed by atoms with Gasteiger partial charge in [-0.1, -0.05) is 61.0 Å². The van der Waals surface area contributed by atoms with Crippen LogP contribution in [0.15, 0.2) is 48.5 Å². The van der Waals surface area contributed by atoms with E-state index in [4.69, 9.17) is 0 Å². The fourth-order valence-corrected chi connectivity index (χ4v) is 2.05. The Labute approximate surface area is 104 Å². The summed E-state index contributed by atoms with van der Waals surface area (Å²) in [4.78, 5) is 0. The van der Waals surface area contributed by atoms with E-state index in [0.29, 0.717) is 0 Å². The van der Waals surface area contributed by atoms with E-state index >= 15 is 0 Å². The summed E-state index contributed by atoms with van der Waals surface area (Å²) in [6, 6.07) is 17.8. The highest BCUT2D eigenvalue weighted by atomic mass is 14.0. The van der Waals surface area contributed by atoms with Crippen LogP contribution >= 0.6 is 0 Å². The molecule has 0 aliphatic heterocycles. The summed E-state index contributed by atoms with van der Waals surface area (Å²) in [5, 5.41) is 0. The molecule has 0 fully saturated rings. The molecule has 0 spiro atoms. The van der Waals surface area contributed by atoms with Gasteiger partial charge in [-0.2, -0.15) is 0 Å². The van der Waals surface area contributed by atoms with Gasteiger partial charge in [-0.3, -0.25) is 0 Å². The molecule has 0 saturated heterocycles. The molecule has 0 aliphatic rings. The predicted molar refractivity (Wildman–Crippen MR) is 74.4 cm³/mol. The first-order valence-electron chi connectivity index (χ1n) is 6.41. The van der Waals surface area contributed by atoms with E-state index in [1.165, 1.54) is 22.3 Å². The molecule has 0 nitrogen and oxygen atoms in total. The van der Waals surface area contributed by atoms with Crippen LogP contribution in [0.25, 0.3) is 0 Å². The molecule has 88 valence electrons. The van der Waals surface area contributed by atoms with Crippen LogP contribution in [0.1, 0.15) is 29.2 Å². The van der Waals surface area contributed by atoms with Crippen LogP contribution in [0.4, 0.5) is 0 Å². The molecular formula is C17H20. The van der Waals surface area contributed by atoms with Gasteiger partial charge in [0.2, 0.25) is 0 Å². The molecule has 0 atom stereocenters. The Kier molecular flexibility index (Phi) is 3.98. The van der Waals surface area contributed by atoms with Crippen LogP contribution in [-0.2, 0) is 19.3 Å². The van der Waals surface area contributed by atoms with Crippen molar-refractivity contribution < 1.29 is 0 Å². The van der Waals surface area contributed by atoms with Crippen molar-refractivity contribution in [3.8, 4) is 0 Å². The highest BCUT2D eigenvalue weighted by Gasteiger charge is 1.97. The number of hydrogen-bond acceptors (Lipinski definition) is 0. The first-order valence-corrected chi connectivity index (χ1v) is 6.41. The molecule has 0 aliphatic carbocycles. The standard InChI is InChI=1S/C17H20/c1-3-15-5-4-6-17(13-15)12-11-16-9-7-14(2)8-10-16/h4-10,13H,3,11-12H2,1-2H3. The van der Waals surface area contributed by atoms with Crippen molar-refractivity contribution in [2.75, 3.05) is 0 Å². The Morgan fingerprint density at radius 3 is 2.12 bits per heavy atom. The molecule has 2 aromatic rings. The molecule has 0 heteroatoms. The second-order valence-corrected chi connectivity index (χ2v) is 4.66. The maximum atomic E-state index is 2.33. The van der Waals surface area contributed by atoms with E-state index in [1.54, 1.807) is 0 Å². The predicted octanol–water partition coefficient (Wildman–Crippen LogP) is 4.34. The molecule has 0 radical (unpaired) electrons. The third-order valence-electron chi connectivity index (χ3n) is 3.22. The van der Waals surface area contributed by atoms with Crippen molar-refractivity contribution in [2.45, 2.75) is 33.1 Å². The summed E-state index contributed by atoms with van der Waals surface area (Å²) >= 11 is 0. The normalized spacial score (nSPS) is 10.5.